The molecule has 0 spiro atoms. The average Bonchev–Trinajstić information content (AvgIpc) is 2.73. The molecule has 0 unspecified atom stereocenters. The number of hydrogen-bond acceptors (Lipinski definition) is 2. The lowest BCUT2D eigenvalue weighted by Crippen LogP contribution is -2.41. The first kappa shape index (κ1) is 17.3. The molecule has 1 heterocycles. The normalized spacial score (nSPS) is 19.2. The smallest absolute Gasteiger partial charge is 0.193 e. The number of nitrogens with one attached hydrogen (secondary N) is 1. The standard InChI is InChI=1S/C16H34N4/c1-14(2)19(6)11-8-7-10-18-15(17-5)20-12-9-16(3,4)13-20/h14H,7-13H2,1-6H3,(H,17,18). The Kier molecular flexibility index (Phi) is 6.80. The van der Waals surface area contributed by atoms with Crippen LogP contribution in [-0.2, 0) is 0 Å². The molecule has 1 fully saturated rings. The monoisotopic (exact) mass is 282 g/mol. The minimum absolute atomic E-state index is 0.428. The molecule has 118 valence electrons. The Bertz CT molecular complexity index is 310. The summed E-state index contributed by atoms with van der Waals surface area (Å²) in [6.45, 7) is 13.6. The predicted molar refractivity (Wildman–Crippen MR) is 88.3 cm³/mol. The zero-order valence-corrected chi connectivity index (χ0v) is 14.4. The van der Waals surface area contributed by atoms with Crippen LogP contribution in [0, 0.1) is 5.41 Å². The van der Waals surface area contributed by atoms with Gasteiger partial charge in [-0.25, -0.2) is 0 Å². The van der Waals surface area contributed by atoms with Crippen LogP contribution >= 0.6 is 0 Å². The van der Waals surface area contributed by atoms with Crippen LogP contribution in [0.3, 0.4) is 0 Å². The van der Waals surface area contributed by atoms with Crippen molar-refractivity contribution in [3.05, 3.63) is 0 Å². The van der Waals surface area contributed by atoms with Gasteiger partial charge in [-0.2, -0.15) is 0 Å². The highest BCUT2D eigenvalue weighted by Gasteiger charge is 2.30. The number of hydrogen-bond donors (Lipinski definition) is 1. The van der Waals surface area contributed by atoms with Gasteiger partial charge in [0.1, 0.15) is 0 Å². The first-order chi connectivity index (χ1) is 9.35. The molecule has 1 saturated heterocycles. The Morgan fingerprint density at radius 3 is 2.55 bits per heavy atom. The highest BCUT2D eigenvalue weighted by molar-refractivity contribution is 5.80. The van der Waals surface area contributed by atoms with E-state index in [9.17, 15) is 0 Å². The van der Waals surface area contributed by atoms with Crippen molar-refractivity contribution in [3.63, 3.8) is 0 Å². The molecule has 0 saturated carbocycles. The van der Waals surface area contributed by atoms with Crippen molar-refractivity contribution >= 4 is 5.96 Å². The number of likely N-dealkylation sites (tertiary alicyclic amines) is 1. The van der Waals surface area contributed by atoms with Gasteiger partial charge in [-0.3, -0.25) is 4.99 Å². The number of aliphatic imine (C=N–C) groups is 1. The molecule has 1 aliphatic heterocycles. The van der Waals surface area contributed by atoms with E-state index in [1.807, 2.05) is 7.05 Å². The van der Waals surface area contributed by atoms with E-state index < -0.39 is 0 Å². The van der Waals surface area contributed by atoms with Crippen molar-refractivity contribution in [2.45, 2.75) is 53.0 Å². The maximum Gasteiger partial charge on any atom is 0.193 e. The molecule has 0 aliphatic carbocycles. The van der Waals surface area contributed by atoms with E-state index in [0.717, 1.165) is 25.6 Å². The van der Waals surface area contributed by atoms with Crippen molar-refractivity contribution in [1.29, 1.82) is 0 Å². The number of unbranched alkanes of at least 4 members (excludes halogenated alkanes) is 1. The molecule has 1 N–H and O–H groups in total. The first-order valence-electron chi connectivity index (χ1n) is 8.01. The molecule has 4 heteroatoms. The average molecular weight is 282 g/mol. The number of nitrogens with zero attached hydrogens (tertiary/aromatic N) is 3. The Morgan fingerprint density at radius 2 is 2.05 bits per heavy atom. The third kappa shape index (κ3) is 5.70. The molecular formula is C16H34N4. The Balaban J connectivity index is 2.20. The quantitative estimate of drug-likeness (QED) is 0.461. The summed E-state index contributed by atoms with van der Waals surface area (Å²) < 4.78 is 0. The maximum absolute atomic E-state index is 4.42. The van der Waals surface area contributed by atoms with Crippen molar-refractivity contribution < 1.29 is 0 Å². The molecule has 0 radical (unpaired) electrons. The predicted octanol–water partition coefficient (Wildman–Crippen LogP) is 2.41. The molecule has 0 aromatic carbocycles. The van der Waals surface area contributed by atoms with Gasteiger partial charge < -0.3 is 15.1 Å². The fourth-order valence-corrected chi connectivity index (χ4v) is 2.57. The molecule has 0 aromatic heterocycles. The van der Waals surface area contributed by atoms with Gasteiger partial charge in [-0.1, -0.05) is 13.8 Å². The topological polar surface area (TPSA) is 30.9 Å². The highest BCUT2D eigenvalue weighted by atomic mass is 15.3. The van der Waals surface area contributed by atoms with Crippen LogP contribution in [0.25, 0.3) is 0 Å². The van der Waals surface area contributed by atoms with E-state index in [2.05, 4.69) is 54.9 Å². The summed E-state index contributed by atoms with van der Waals surface area (Å²) in [5.41, 5.74) is 0.428. The third-order valence-corrected chi connectivity index (χ3v) is 4.29. The molecule has 0 atom stereocenters. The van der Waals surface area contributed by atoms with E-state index in [-0.39, 0.29) is 0 Å². The van der Waals surface area contributed by atoms with Crippen molar-refractivity contribution in [3.8, 4) is 0 Å². The van der Waals surface area contributed by atoms with Gasteiger partial charge in [0.25, 0.3) is 0 Å². The SMILES string of the molecule is CN=C(NCCCCN(C)C(C)C)N1CCC(C)(C)C1. The van der Waals surface area contributed by atoms with Crippen molar-refractivity contribution in [1.82, 2.24) is 15.1 Å². The molecule has 0 aromatic rings. The molecule has 0 amide bonds. The zero-order chi connectivity index (χ0) is 15.2. The van der Waals surface area contributed by atoms with Gasteiger partial charge in [-0.15, -0.1) is 0 Å². The second-order valence-corrected chi connectivity index (χ2v) is 7.09. The van der Waals surface area contributed by atoms with Gasteiger partial charge in [0, 0.05) is 32.7 Å². The molecule has 1 aliphatic rings. The van der Waals surface area contributed by atoms with E-state index in [0.29, 0.717) is 11.5 Å². The summed E-state index contributed by atoms with van der Waals surface area (Å²) in [7, 11) is 4.09. The lowest BCUT2D eigenvalue weighted by Gasteiger charge is -2.24. The van der Waals surface area contributed by atoms with Gasteiger partial charge in [0.05, 0.1) is 0 Å². The highest BCUT2D eigenvalue weighted by Crippen LogP contribution is 2.28. The minimum atomic E-state index is 0.428. The minimum Gasteiger partial charge on any atom is -0.356 e. The van der Waals surface area contributed by atoms with Gasteiger partial charge >= 0.3 is 0 Å². The third-order valence-electron chi connectivity index (χ3n) is 4.29. The van der Waals surface area contributed by atoms with Crippen LogP contribution in [0.1, 0.15) is 47.0 Å². The summed E-state index contributed by atoms with van der Waals surface area (Å²) in [6, 6.07) is 0.641. The first-order valence-corrected chi connectivity index (χ1v) is 8.01. The summed E-state index contributed by atoms with van der Waals surface area (Å²) in [4.78, 5) is 9.21. The molecule has 0 bridgehead atoms. The van der Waals surface area contributed by atoms with Crippen molar-refractivity contribution in [2.75, 3.05) is 40.3 Å². The Morgan fingerprint density at radius 1 is 1.35 bits per heavy atom. The largest absolute Gasteiger partial charge is 0.356 e. The van der Waals surface area contributed by atoms with Gasteiger partial charge in [0.2, 0.25) is 0 Å². The van der Waals surface area contributed by atoms with E-state index in [4.69, 9.17) is 0 Å². The van der Waals surface area contributed by atoms with Gasteiger partial charge in [0.15, 0.2) is 5.96 Å². The molecular weight excluding hydrogens is 248 g/mol. The fraction of sp³-hybridized carbons (Fsp3) is 0.938. The summed E-state index contributed by atoms with van der Waals surface area (Å²) in [6.07, 6.45) is 3.70. The van der Waals surface area contributed by atoms with E-state index in [1.54, 1.807) is 0 Å². The summed E-state index contributed by atoms with van der Waals surface area (Å²) in [5.74, 6) is 1.08. The van der Waals surface area contributed by atoms with Crippen LogP contribution in [0.2, 0.25) is 0 Å². The lowest BCUT2D eigenvalue weighted by atomic mass is 9.93. The van der Waals surface area contributed by atoms with Crippen LogP contribution in [0.15, 0.2) is 4.99 Å². The zero-order valence-electron chi connectivity index (χ0n) is 14.4. The summed E-state index contributed by atoms with van der Waals surface area (Å²) in [5, 5.41) is 3.51. The Labute approximate surface area is 125 Å². The van der Waals surface area contributed by atoms with E-state index in [1.165, 1.54) is 25.8 Å². The second-order valence-electron chi connectivity index (χ2n) is 7.09. The van der Waals surface area contributed by atoms with Gasteiger partial charge in [-0.05, 0) is 52.1 Å². The van der Waals surface area contributed by atoms with Crippen LogP contribution in [0.4, 0.5) is 0 Å². The second kappa shape index (κ2) is 7.87. The van der Waals surface area contributed by atoms with E-state index >= 15 is 0 Å². The lowest BCUT2D eigenvalue weighted by molar-refractivity contribution is 0.268. The van der Waals surface area contributed by atoms with Crippen LogP contribution in [0.5, 0.6) is 0 Å². The molecule has 4 nitrogen and oxygen atoms in total. The van der Waals surface area contributed by atoms with Crippen LogP contribution in [-0.4, -0.2) is 62.1 Å². The maximum atomic E-state index is 4.42. The van der Waals surface area contributed by atoms with Crippen molar-refractivity contribution in [2.24, 2.45) is 10.4 Å². The molecule has 20 heavy (non-hydrogen) atoms. The fourth-order valence-electron chi connectivity index (χ4n) is 2.57. The van der Waals surface area contributed by atoms with Crippen LogP contribution < -0.4 is 5.32 Å². The number of rotatable bonds is 6. The Hall–Kier alpha value is -0.770. The molecule has 1 rings (SSSR count). The number of guanidine groups is 1. The summed E-state index contributed by atoms with van der Waals surface area (Å²) >= 11 is 0.